The summed E-state index contributed by atoms with van der Waals surface area (Å²) in [5.41, 5.74) is 5.36. The Kier molecular flexibility index (Phi) is 17.3. The van der Waals surface area contributed by atoms with Crippen LogP contribution >= 0.6 is 0 Å². The van der Waals surface area contributed by atoms with E-state index in [1.165, 1.54) is 21.9 Å². The van der Waals surface area contributed by atoms with Gasteiger partial charge in [0.15, 0.2) is 0 Å². The van der Waals surface area contributed by atoms with Crippen molar-refractivity contribution in [3.63, 3.8) is 0 Å². The first-order valence-electron chi connectivity index (χ1n) is 13.4. The first-order valence-corrected chi connectivity index (χ1v) is 13.4. The molecule has 0 heterocycles. The summed E-state index contributed by atoms with van der Waals surface area (Å²) < 4.78 is 0. The molecule has 4 aromatic rings. The van der Waals surface area contributed by atoms with Gasteiger partial charge in [-0.25, -0.2) is 0 Å². The number of hydrogen-bond donors (Lipinski definition) is 0. The summed E-state index contributed by atoms with van der Waals surface area (Å²) in [6.07, 6.45) is 2.67. The van der Waals surface area contributed by atoms with Crippen molar-refractivity contribution >= 4 is 28.0 Å². The predicted molar refractivity (Wildman–Crippen MR) is 176 cm³/mol. The largest absolute Gasteiger partial charge is 0.195 e. The summed E-state index contributed by atoms with van der Waals surface area (Å²) in [4.78, 5) is 0. The molecule has 0 aliphatic rings. The van der Waals surface area contributed by atoms with Crippen LogP contribution in [0.25, 0.3) is 0 Å². The smallest absolute Gasteiger partial charge is 0.108 e. The van der Waals surface area contributed by atoms with E-state index in [1.807, 2.05) is 40.5 Å². The van der Waals surface area contributed by atoms with Crippen molar-refractivity contribution in [1.82, 2.24) is 0 Å². The fraction of sp³-hybridized carbons (Fsp3) is 0.105. The van der Waals surface area contributed by atoms with Gasteiger partial charge in [-0.05, 0) is 64.2 Å². The van der Waals surface area contributed by atoms with E-state index >= 15 is 0 Å². The van der Waals surface area contributed by atoms with Crippen molar-refractivity contribution in [2.24, 2.45) is 0 Å². The summed E-state index contributed by atoms with van der Waals surface area (Å²) in [5, 5.41) is 0. The summed E-state index contributed by atoms with van der Waals surface area (Å²) in [6.45, 7) is 22.5. The molecule has 0 N–H and O–H groups in total. The Bertz CT molecular complexity index is 948. The SMILES string of the molecule is [CH2][C](C)[CH][C]([CH2])C.[CH2][C](C)[CH][C]([CH2])C.[U].c1ccc([B-](c2ccccc2)(c2ccccc2)c2ccccc2)cc1. The molecule has 4 aromatic carbocycles. The Morgan fingerprint density at radius 2 is 0.575 bits per heavy atom. The van der Waals surface area contributed by atoms with E-state index in [0.29, 0.717) is 0 Å². The minimum Gasteiger partial charge on any atom is -0.195 e. The maximum atomic E-state index is 3.68. The molecule has 4 rings (SSSR count). The monoisotopic (exact) mass is 747 g/mol. The van der Waals surface area contributed by atoms with Crippen molar-refractivity contribution in [1.29, 1.82) is 0 Å². The summed E-state index contributed by atoms with van der Waals surface area (Å²) in [7, 11) is 0. The number of benzene rings is 4. The second-order valence-corrected chi connectivity index (χ2v) is 10.2. The van der Waals surface area contributed by atoms with E-state index in [1.54, 1.807) is 0 Å². The zero-order chi connectivity index (χ0) is 28.7. The first kappa shape index (κ1) is 36.0. The van der Waals surface area contributed by atoms with E-state index < -0.39 is 6.15 Å². The minimum absolute atomic E-state index is 0. The third kappa shape index (κ3) is 11.5. The molecule has 202 valence electrons. The van der Waals surface area contributed by atoms with Gasteiger partial charge in [-0.2, -0.15) is 21.9 Å². The maximum Gasteiger partial charge on any atom is 0.108 e. The van der Waals surface area contributed by atoms with Crippen molar-refractivity contribution < 1.29 is 31.1 Å². The zero-order valence-electron chi connectivity index (χ0n) is 24.6. The minimum atomic E-state index is -1.22. The van der Waals surface area contributed by atoms with Crippen LogP contribution in [0.4, 0.5) is 0 Å². The van der Waals surface area contributed by atoms with Gasteiger partial charge in [0.25, 0.3) is 0 Å². The number of rotatable bonds is 8. The fourth-order valence-electron chi connectivity index (χ4n) is 4.96. The summed E-state index contributed by atoms with van der Waals surface area (Å²) in [5.74, 6) is 4.25. The van der Waals surface area contributed by atoms with Crippen molar-refractivity contribution in [3.05, 3.63) is 186 Å². The second kappa shape index (κ2) is 19.2. The molecule has 0 nitrogen and oxygen atoms in total. The quantitative estimate of drug-likeness (QED) is 0.168. The second-order valence-electron chi connectivity index (χ2n) is 10.2. The molecule has 0 bridgehead atoms. The third-order valence-electron chi connectivity index (χ3n) is 6.18. The Hall–Kier alpha value is -2.00. The van der Waals surface area contributed by atoms with Gasteiger partial charge in [-0.3, -0.25) is 0 Å². The molecule has 0 fully saturated rings. The van der Waals surface area contributed by atoms with E-state index in [-0.39, 0.29) is 31.1 Å². The van der Waals surface area contributed by atoms with Crippen LogP contribution in [0.5, 0.6) is 0 Å². The van der Waals surface area contributed by atoms with Gasteiger partial charge in [0.2, 0.25) is 0 Å². The zero-order valence-corrected chi connectivity index (χ0v) is 28.8. The van der Waals surface area contributed by atoms with Crippen LogP contribution in [-0.4, -0.2) is 6.15 Å². The van der Waals surface area contributed by atoms with E-state index in [0.717, 1.165) is 23.7 Å². The predicted octanol–water partition coefficient (Wildman–Crippen LogP) is 7.16. The molecule has 0 unspecified atom stereocenters. The molecule has 0 atom stereocenters. The first-order chi connectivity index (χ1) is 18.7. The Balaban J connectivity index is 0.000000446. The molecule has 0 aromatic heterocycles. The molecule has 0 saturated carbocycles. The average molecular weight is 748 g/mol. The van der Waals surface area contributed by atoms with Crippen LogP contribution in [0, 0.1) is 95.3 Å². The molecule has 10 radical (unpaired) electrons. The molecule has 2 heteroatoms. The van der Waals surface area contributed by atoms with Gasteiger partial charge in [0, 0.05) is 31.1 Å². The molecule has 0 aliphatic heterocycles. The van der Waals surface area contributed by atoms with Gasteiger partial charge >= 0.3 is 0 Å². The molecule has 0 saturated heterocycles. The molecular weight excluding hydrogens is 705 g/mol. The van der Waals surface area contributed by atoms with E-state index in [2.05, 4.69) is 149 Å². The van der Waals surface area contributed by atoms with Crippen LogP contribution in [0.15, 0.2) is 121 Å². The van der Waals surface area contributed by atoms with Crippen LogP contribution in [0.1, 0.15) is 27.7 Å². The Labute approximate surface area is 270 Å². The molecule has 0 aliphatic carbocycles. The van der Waals surface area contributed by atoms with Gasteiger partial charge < -0.3 is 0 Å². The van der Waals surface area contributed by atoms with Crippen LogP contribution in [0.3, 0.4) is 0 Å². The molecule has 0 spiro atoms. The van der Waals surface area contributed by atoms with Gasteiger partial charge in [0.1, 0.15) is 6.15 Å². The van der Waals surface area contributed by atoms with Crippen molar-refractivity contribution in [2.45, 2.75) is 27.7 Å². The summed E-state index contributed by atoms with van der Waals surface area (Å²) >= 11 is 0. The van der Waals surface area contributed by atoms with Crippen molar-refractivity contribution in [3.8, 4) is 0 Å². The maximum absolute atomic E-state index is 3.68. The van der Waals surface area contributed by atoms with Crippen molar-refractivity contribution in [2.75, 3.05) is 0 Å². The van der Waals surface area contributed by atoms with Gasteiger partial charge in [-0.15, -0.1) is 0 Å². The standard InChI is InChI=1S/C24H20B.2C7H11.U/c1-5-13-21(14-6-1)25(22-15-7-2-8-16-22,23-17-9-3-10-18-23)24-19-11-4-12-20-24;2*1-6(2)5-7(3)4;/h1-20H;2*5H,1,3H2,2,4H3;/q-1;;;. The third-order valence-corrected chi connectivity index (χ3v) is 6.18. The summed E-state index contributed by atoms with van der Waals surface area (Å²) in [6, 6.07) is 43.5. The van der Waals surface area contributed by atoms with Gasteiger partial charge in [0.05, 0.1) is 0 Å². The fourth-order valence-corrected chi connectivity index (χ4v) is 4.96. The van der Waals surface area contributed by atoms with Gasteiger partial charge in [-0.1, -0.05) is 149 Å². The van der Waals surface area contributed by atoms with Crippen LogP contribution in [0.2, 0.25) is 0 Å². The molecule has 0 amide bonds. The normalized spacial score (nSPS) is 10.9. The molecular formula is C38H42BU-. The van der Waals surface area contributed by atoms with E-state index in [9.17, 15) is 0 Å². The van der Waals surface area contributed by atoms with E-state index in [4.69, 9.17) is 0 Å². The number of hydrogen-bond acceptors (Lipinski definition) is 0. The average Bonchev–Trinajstić information content (AvgIpc) is 2.91. The molecule has 40 heavy (non-hydrogen) atoms. The van der Waals surface area contributed by atoms with Crippen LogP contribution in [-0.2, 0) is 0 Å². The van der Waals surface area contributed by atoms with Crippen LogP contribution < -0.4 is 21.9 Å². The topological polar surface area (TPSA) is 0 Å². The Morgan fingerprint density at radius 3 is 0.700 bits per heavy atom. The Morgan fingerprint density at radius 1 is 0.400 bits per heavy atom.